The number of anilines is 1. The Hall–Kier alpha value is -1.86. The fourth-order valence-electron chi connectivity index (χ4n) is 1.95. The normalized spacial score (nSPS) is 11.8. The zero-order valence-corrected chi connectivity index (χ0v) is 12.7. The lowest BCUT2D eigenvalue weighted by molar-refractivity contribution is 0.588. The van der Waals surface area contributed by atoms with E-state index in [-0.39, 0.29) is 4.90 Å². The number of nitrogens with zero attached hydrogens (tertiary/aromatic N) is 2. The molecule has 0 fully saturated rings. The summed E-state index contributed by atoms with van der Waals surface area (Å²) in [5, 5.41) is 4.41. The maximum Gasteiger partial charge on any atom is 0.240 e. The molecule has 0 bridgehead atoms. The third-order valence-electron chi connectivity index (χ3n) is 3.46. The summed E-state index contributed by atoms with van der Waals surface area (Å²) in [6.07, 6.45) is 0. The highest BCUT2D eigenvalue weighted by atomic mass is 32.2. The van der Waals surface area contributed by atoms with Crippen LogP contribution in [0.5, 0.6) is 0 Å². The van der Waals surface area contributed by atoms with Gasteiger partial charge in [-0.05, 0) is 51.6 Å². The summed E-state index contributed by atoms with van der Waals surface area (Å²) < 4.78 is 27.7. The second-order valence-corrected chi connectivity index (χ2v) is 6.52. The fourth-order valence-corrected chi connectivity index (χ4v) is 2.70. The van der Waals surface area contributed by atoms with Crippen molar-refractivity contribution in [1.82, 2.24) is 14.5 Å². The van der Waals surface area contributed by atoms with Crippen molar-refractivity contribution in [2.24, 2.45) is 0 Å². The van der Waals surface area contributed by atoms with Crippen LogP contribution in [0.4, 0.5) is 5.69 Å². The van der Waals surface area contributed by atoms with Crippen LogP contribution in [0.2, 0.25) is 0 Å². The van der Waals surface area contributed by atoms with E-state index in [1.807, 2.05) is 20.8 Å². The highest BCUT2D eigenvalue weighted by molar-refractivity contribution is 7.89. The molecule has 0 spiro atoms. The number of nitrogen functional groups attached to an aromatic ring is 1. The Morgan fingerprint density at radius 1 is 1.25 bits per heavy atom. The minimum Gasteiger partial charge on any atom is -0.397 e. The van der Waals surface area contributed by atoms with Crippen molar-refractivity contribution in [3.8, 4) is 5.69 Å². The van der Waals surface area contributed by atoms with Gasteiger partial charge in [-0.25, -0.2) is 17.8 Å². The Bertz CT molecular complexity index is 763. The maximum absolute atomic E-state index is 11.9. The van der Waals surface area contributed by atoms with E-state index in [1.54, 1.807) is 10.7 Å². The lowest BCUT2D eigenvalue weighted by atomic mass is 10.2. The molecular formula is C13H18N4O2S. The summed E-state index contributed by atoms with van der Waals surface area (Å²) in [6, 6.07) is 4.58. The lowest BCUT2D eigenvalue weighted by Gasteiger charge is -2.11. The summed E-state index contributed by atoms with van der Waals surface area (Å²) in [6.45, 7) is 5.80. The molecule has 0 saturated carbocycles. The molecule has 108 valence electrons. The van der Waals surface area contributed by atoms with Crippen LogP contribution in [-0.4, -0.2) is 25.2 Å². The van der Waals surface area contributed by atoms with Gasteiger partial charge in [-0.3, -0.25) is 0 Å². The molecule has 0 atom stereocenters. The van der Waals surface area contributed by atoms with E-state index < -0.39 is 10.0 Å². The van der Waals surface area contributed by atoms with Crippen LogP contribution in [0.25, 0.3) is 5.69 Å². The van der Waals surface area contributed by atoms with Crippen LogP contribution in [0.3, 0.4) is 0 Å². The van der Waals surface area contributed by atoms with Crippen LogP contribution in [0.1, 0.15) is 17.0 Å². The molecular weight excluding hydrogens is 276 g/mol. The number of sulfonamides is 1. The zero-order valence-electron chi connectivity index (χ0n) is 11.9. The van der Waals surface area contributed by atoms with Crippen LogP contribution in [0.15, 0.2) is 23.1 Å². The average Bonchev–Trinajstić information content (AvgIpc) is 2.67. The molecule has 2 rings (SSSR count). The molecule has 0 aliphatic carbocycles. The predicted octanol–water partition coefficient (Wildman–Crippen LogP) is 1.29. The standard InChI is InChI=1S/C13H18N4O2S/c1-8-9(2)16-17(10(8)3)13-7-11(5-6-12(13)14)20(18,19)15-4/h5-7,15H,14H2,1-4H3. The summed E-state index contributed by atoms with van der Waals surface area (Å²) in [4.78, 5) is 0.161. The molecule has 2 aromatic rings. The third kappa shape index (κ3) is 2.30. The summed E-state index contributed by atoms with van der Waals surface area (Å²) in [5.41, 5.74) is 9.89. The Kier molecular flexibility index (Phi) is 3.58. The maximum atomic E-state index is 11.9. The van der Waals surface area contributed by atoms with Crippen molar-refractivity contribution in [1.29, 1.82) is 0 Å². The van der Waals surface area contributed by atoms with Gasteiger partial charge in [0.1, 0.15) is 0 Å². The first-order chi connectivity index (χ1) is 9.27. The van der Waals surface area contributed by atoms with Gasteiger partial charge in [-0.15, -0.1) is 0 Å². The quantitative estimate of drug-likeness (QED) is 0.835. The number of benzene rings is 1. The summed E-state index contributed by atoms with van der Waals surface area (Å²) >= 11 is 0. The first-order valence-electron chi connectivity index (χ1n) is 6.14. The molecule has 1 aromatic carbocycles. The fraction of sp³-hybridized carbons (Fsp3) is 0.308. The van der Waals surface area contributed by atoms with Crippen molar-refractivity contribution in [3.63, 3.8) is 0 Å². The first kappa shape index (κ1) is 14.5. The predicted molar refractivity (Wildman–Crippen MR) is 78.4 cm³/mol. The van der Waals surface area contributed by atoms with E-state index in [1.165, 1.54) is 19.2 Å². The van der Waals surface area contributed by atoms with E-state index in [0.29, 0.717) is 11.4 Å². The van der Waals surface area contributed by atoms with Crippen LogP contribution in [-0.2, 0) is 10.0 Å². The van der Waals surface area contributed by atoms with E-state index in [2.05, 4.69) is 9.82 Å². The molecule has 0 aliphatic rings. The minimum atomic E-state index is -3.51. The lowest BCUT2D eigenvalue weighted by Crippen LogP contribution is -2.19. The van der Waals surface area contributed by atoms with Gasteiger partial charge in [0.2, 0.25) is 10.0 Å². The molecule has 0 aliphatic heterocycles. The van der Waals surface area contributed by atoms with E-state index >= 15 is 0 Å². The third-order valence-corrected chi connectivity index (χ3v) is 4.87. The molecule has 0 amide bonds. The number of nitrogens with two attached hydrogens (primary N) is 1. The van der Waals surface area contributed by atoms with Crippen molar-refractivity contribution < 1.29 is 8.42 Å². The minimum absolute atomic E-state index is 0.161. The van der Waals surface area contributed by atoms with E-state index in [9.17, 15) is 8.42 Å². The summed E-state index contributed by atoms with van der Waals surface area (Å²) in [7, 11) is -2.13. The molecule has 1 aromatic heterocycles. The number of hydrogen-bond donors (Lipinski definition) is 2. The number of hydrogen-bond acceptors (Lipinski definition) is 4. The Labute approximate surface area is 118 Å². The van der Waals surface area contributed by atoms with E-state index in [4.69, 9.17) is 5.73 Å². The van der Waals surface area contributed by atoms with Gasteiger partial charge < -0.3 is 5.73 Å². The summed E-state index contributed by atoms with van der Waals surface area (Å²) in [5.74, 6) is 0. The van der Waals surface area contributed by atoms with Crippen LogP contribution < -0.4 is 10.5 Å². The van der Waals surface area contributed by atoms with Crippen LogP contribution in [0, 0.1) is 20.8 Å². The van der Waals surface area contributed by atoms with Crippen molar-refractivity contribution >= 4 is 15.7 Å². The number of aromatic nitrogens is 2. The molecule has 0 unspecified atom stereocenters. The second kappa shape index (κ2) is 4.92. The average molecular weight is 294 g/mol. The van der Waals surface area contributed by atoms with Crippen molar-refractivity contribution in [2.45, 2.75) is 25.7 Å². The molecule has 0 radical (unpaired) electrons. The smallest absolute Gasteiger partial charge is 0.240 e. The topological polar surface area (TPSA) is 90.0 Å². The SMILES string of the molecule is CNS(=O)(=O)c1ccc(N)c(-n2nc(C)c(C)c2C)c1. The Morgan fingerprint density at radius 2 is 1.90 bits per heavy atom. The second-order valence-electron chi connectivity index (χ2n) is 4.64. The molecule has 3 N–H and O–H groups in total. The van der Waals surface area contributed by atoms with Gasteiger partial charge >= 0.3 is 0 Å². The molecule has 7 heteroatoms. The molecule has 20 heavy (non-hydrogen) atoms. The zero-order chi connectivity index (χ0) is 15.1. The highest BCUT2D eigenvalue weighted by Crippen LogP contribution is 2.24. The highest BCUT2D eigenvalue weighted by Gasteiger charge is 2.16. The van der Waals surface area contributed by atoms with Gasteiger partial charge in [0, 0.05) is 5.69 Å². The van der Waals surface area contributed by atoms with Gasteiger partial charge in [0.15, 0.2) is 0 Å². The first-order valence-corrected chi connectivity index (χ1v) is 7.62. The molecule has 6 nitrogen and oxygen atoms in total. The van der Waals surface area contributed by atoms with Crippen molar-refractivity contribution in [2.75, 3.05) is 12.8 Å². The number of aryl methyl sites for hydroxylation is 1. The van der Waals surface area contributed by atoms with Crippen molar-refractivity contribution in [3.05, 3.63) is 35.2 Å². The Balaban J connectivity index is 2.68. The van der Waals surface area contributed by atoms with Gasteiger partial charge in [0.25, 0.3) is 0 Å². The number of nitrogens with one attached hydrogen (secondary N) is 1. The van der Waals surface area contributed by atoms with Gasteiger partial charge in [-0.2, -0.15) is 5.10 Å². The van der Waals surface area contributed by atoms with Crippen LogP contribution >= 0.6 is 0 Å². The van der Waals surface area contributed by atoms with Gasteiger partial charge in [0.05, 0.1) is 22.0 Å². The largest absolute Gasteiger partial charge is 0.397 e. The molecule has 1 heterocycles. The van der Waals surface area contributed by atoms with Gasteiger partial charge in [-0.1, -0.05) is 0 Å². The monoisotopic (exact) mass is 294 g/mol. The Morgan fingerprint density at radius 3 is 2.40 bits per heavy atom. The number of rotatable bonds is 3. The van der Waals surface area contributed by atoms with E-state index in [0.717, 1.165) is 17.0 Å². The molecule has 0 saturated heterocycles.